The van der Waals surface area contributed by atoms with E-state index in [9.17, 15) is 4.79 Å². The van der Waals surface area contributed by atoms with Crippen molar-refractivity contribution in [2.45, 2.75) is 26.4 Å². The van der Waals surface area contributed by atoms with Crippen LogP contribution in [-0.4, -0.2) is 33.6 Å². The number of carbonyl (C=O) groups is 1. The van der Waals surface area contributed by atoms with E-state index in [1.165, 1.54) is 0 Å². The van der Waals surface area contributed by atoms with Crippen LogP contribution in [0, 0.1) is 6.92 Å². The number of benzene rings is 1. The number of nitrogens with zero attached hydrogens (tertiary/aromatic N) is 3. The third-order valence-corrected chi connectivity index (χ3v) is 3.88. The summed E-state index contributed by atoms with van der Waals surface area (Å²) in [4.78, 5) is 21.1. The number of pyridine rings is 1. The Bertz CT molecular complexity index is 859. The number of aryl methyl sites for hydroxylation is 1. The van der Waals surface area contributed by atoms with Crippen LogP contribution in [0.2, 0.25) is 0 Å². The zero-order valence-corrected chi connectivity index (χ0v) is 14.0. The molecule has 3 rings (SSSR count). The number of methoxy groups -OCH3 is 1. The Hall–Kier alpha value is -2.89. The van der Waals surface area contributed by atoms with Crippen LogP contribution in [0.3, 0.4) is 0 Å². The minimum Gasteiger partial charge on any atom is -0.497 e. The van der Waals surface area contributed by atoms with Gasteiger partial charge < -0.3 is 14.6 Å². The zero-order valence-electron chi connectivity index (χ0n) is 14.0. The van der Waals surface area contributed by atoms with Gasteiger partial charge in [-0.05, 0) is 32.0 Å². The zero-order chi connectivity index (χ0) is 17.1. The first kappa shape index (κ1) is 16.0. The van der Waals surface area contributed by atoms with E-state index >= 15 is 0 Å². The average molecular weight is 324 g/mol. The van der Waals surface area contributed by atoms with Gasteiger partial charge in [-0.1, -0.05) is 0 Å². The third-order valence-electron chi connectivity index (χ3n) is 3.88. The first-order valence-corrected chi connectivity index (χ1v) is 7.79. The Labute approximate surface area is 140 Å². The number of rotatable bonds is 5. The highest BCUT2D eigenvalue weighted by molar-refractivity contribution is 5.98. The normalized spacial score (nSPS) is 12.1. The lowest BCUT2D eigenvalue weighted by molar-refractivity contribution is 0.0936. The van der Waals surface area contributed by atoms with Gasteiger partial charge in [0.05, 0.1) is 30.2 Å². The van der Waals surface area contributed by atoms with Crippen LogP contribution in [-0.2, 0) is 6.54 Å². The minimum atomic E-state index is -0.120. The Kier molecular flexibility index (Phi) is 4.46. The summed E-state index contributed by atoms with van der Waals surface area (Å²) in [5.74, 6) is 0.630. The molecule has 1 atom stereocenters. The van der Waals surface area contributed by atoms with Crippen molar-refractivity contribution >= 4 is 16.8 Å². The second kappa shape index (κ2) is 6.70. The number of nitrogens with one attached hydrogen (secondary N) is 1. The molecule has 0 saturated carbocycles. The molecule has 2 aromatic heterocycles. The first-order chi connectivity index (χ1) is 11.6. The van der Waals surface area contributed by atoms with Crippen LogP contribution in [0.4, 0.5) is 0 Å². The molecule has 1 amide bonds. The van der Waals surface area contributed by atoms with Gasteiger partial charge in [-0.3, -0.25) is 9.78 Å². The Morgan fingerprint density at radius 2 is 2.21 bits per heavy atom. The first-order valence-electron chi connectivity index (χ1n) is 7.79. The molecule has 24 heavy (non-hydrogen) atoms. The fraction of sp³-hybridized carbons (Fsp3) is 0.278. The fourth-order valence-corrected chi connectivity index (χ4v) is 2.66. The number of fused-ring (bicyclic) bond motifs is 1. The summed E-state index contributed by atoms with van der Waals surface area (Å²) in [6.45, 7) is 4.48. The summed E-state index contributed by atoms with van der Waals surface area (Å²) in [6.07, 6.45) is 5.33. The van der Waals surface area contributed by atoms with Crippen molar-refractivity contribution in [3.8, 4) is 5.75 Å². The minimum absolute atomic E-state index is 0.0161. The molecule has 1 N–H and O–H groups in total. The molecule has 0 radical (unpaired) electrons. The molecule has 0 aliphatic rings. The molecule has 2 heterocycles. The molecule has 3 aromatic rings. The highest BCUT2D eigenvalue weighted by atomic mass is 16.5. The number of hydrogen-bond donors (Lipinski definition) is 1. The van der Waals surface area contributed by atoms with E-state index in [2.05, 4.69) is 15.3 Å². The molecular weight excluding hydrogens is 304 g/mol. The second-order valence-corrected chi connectivity index (χ2v) is 5.81. The van der Waals surface area contributed by atoms with E-state index in [1.54, 1.807) is 19.6 Å². The molecule has 6 nitrogen and oxygen atoms in total. The van der Waals surface area contributed by atoms with E-state index < -0.39 is 0 Å². The van der Waals surface area contributed by atoms with Crippen molar-refractivity contribution in [2.75, 3.05) is 7.11 Å². The van der Waals surface area contributed by atoms with Gasteiger partial charge in [0, 0.05) is 36.4 Å². The summed E-state index contributed by atoms with van der Waals surface area (Å²) in [6, 6.07) is 7.49. The predicted octanol–water partition coefficient (Wildman–Crippen LogP) is 2.57. The van der Waals surface area contributed by atoms with E-state index in [0.717, 1.165) is 16.7 Å². The summed E-state index contributed by atoms with van der Waals surface area (Å²) >= 11 is 0. The molecule has 0 bridgehead atoms. The quantitative estimate of drug-likeness (QED) is 0.783. The van der Waals surface area contributed by atoms with Crippen molar-refractivity contribution in [2.24, 2.45) is 0 Å². The van der Waals surface area contributed by atoms with E-state index in [4.69, 9.17) is 4.74 Å². The van der Waals surface area contributed by atoms with Crippen molar-refractivity contribution in [3.63, 3.8) is 0 Å². The van der Waals surface area contributed by atoms with Gasteiger partial charge in [0.25, 0.3) is 5.91 Å². The third kappa shape index (κ3) is 3.37. The summed E-state index contributed by atoms with van der Waals surface area (Å²) in [5.41, 5.74) is 2.10. The lowest BCUT2D eigenvalue weighted by Gasteiger charge is -2.15. The molecule has 0 aliphatic carbocycles. The number of amides is 1. The molecule has 1 aromatic carbocycles. The van der Waals surface area contributed by atoms with Crippen molar-refractivity contribution in [1.29, 1.82) is 0 Å². The maximum Gasteiger partial charge on any atom is 0.253 e. The number of ether oxygens (including phenoxy) is 1. The second-order valence-electron chi connectivity index (χ2n) is 5.81. The predicted molar refractivity (Wildman–Crippen MR) is 92.2 cm³/mol. The Morgan fingerprint density at radius 1 is 1.38 bits per heavy atom. The molecule has 0 spiro atoms. The molecular formula is C18H20N4O2. The van der Waals surface area contributed by atoms with Crippen LogP contribution in [0.5, 0.6) is 5.75 Å². The number of carbonyl (C=O) groups excluding carboxylic acids is 1. The van der Waals surface area contributed by atoms with Crippen molar-refractivity contribution < 1.29 is 9.53 Å². The molecule has 6 heteroatoms. The van der Waals surface area contributed by atoms with Gasteiger partial charge in [0.2, 0.25) is 0 Å². The van der Waals surface area contributed by atoms with Crippen LogP contribution < -0.4 is 10.1 Å². The summed E-state index contributed by atoms with van der Waals surface area (Å²) < 4.78 is 7.15. The van der Waals surface area contributed by atoms with Crippen LogP contribution in [0.25, 0.3) is 10.9 Å². The van der Waals surface area contributed by atoms with E-state index in [-0.39, 0.29) is 11.9 Å². The SMILES string of the molecule is COc1ccc2cc(C(=O)NC(C)Cn3ccnc3)c(C)nc2c1. The maximum atomic E-state index is 12.6. The van der Waals surface area contributed by atoms with Gasteiger partial charge in [-0.15, -0.1) is 0 Å². The highest BCUT2D eigenvalue weighted by Crippen LogP contribution is 2.21. The van der Waals surface area contributed by atoms with Gasteiger partial charge in [0.1, 0.15) is 5.75 Å². The highest BCUT2D eigenvalue weighted by Gasteiger charge is 2.14. The monoisotopic (exact) mass is 324 g/mol. The van der Waals surface area contributed by atoms with Crippen molar-refractivity contribution in [3.05, 3.63) is 54.2 Å². The number of imidazole rings is 1. The van der Waals surface area contributed by atoms with Crippen LogP contribution in [0.15, 0.2) is 43.0 Å². The van der Waals surface area contributed by atoms with Gasteiger partial charge in [-0.2, -0.15) is 0 Å². The largest absolute Gasteiger partial charge is 0.497 e. The van der Waals surface area contributed by atoms with Gasteiger partial charge in [-0.25, -0.2) is 4.98 Å². The van der Waals surface area contributed by atoms with Crippen LogP contribution >= 0.6 is 0 Å². The van der Waals surface area contributed by atoms with E-state index in [0.29, 0.717) is 17.8 Å². The molecule has 0 fully saturated rings. The van der Waals surface area contributed by atoms with Crippen LogP contribution in [0.1, 0.15) is 23.0 Å². The molecule has 0 saturated heterocycles. The lowest BCUT2D eigenvalue weighted by atomic mass is 10.1. The topological polar surface area (TPSA) is 69.0 Å². The summed E-state index contributed by atoms with van der Waals surface area (Å²) in [5, 5.41) is 3.92. The van der Waals surface area contributed by atoms with Gasteiger partial charge in [0.15, 0.2) is 0 Å². The Balaban J connectivity index is 1.80. The molecule has 124 valence electrons. The standard InChI is InChI=1S/C18H20N4O2/c1-12(10-22-7-6-19-11-22)20-18(23)16-8-14-4-5-15(24-3)9-17(14)21-13(16)2/h4-9,11-12H,10H2,1-3H3,(H,20,23). The number of aromatic nitrogens is 3. The van der Waals surface area contributed by atoms with E-state index in [1.807, 2.05) is 48.9 Å². The molecule has 1 unspecified atom stereocenters. The van der Waals surface area contributed by atoms with Crippen molar-refractivity contribution in [1.82, 2.24) is 19.9 Å². The summed E-state index contributed by atoms with van der Waals surface area (Å²) in [7, 11) is 1.62. The average Bonchev–Trinajstić information content (AvgIpc) is 3.06. The smallest absolute Gasteiger partial charge is 0.253 e. The Morgan fingerprint density at radius 3 is 2.92 bits per heavy atom. The maximum absolute atomic E-state index is 12.6. The fourth-order valence-electron chi connectivity index (χ4n) is 2.66. The lowest BCUT2D eigenvalue weighted by Crippen LogP contribution is -2.35. The molecule has 0 aliphatic heterocycles. The van der Waals surface area contributed by atoms with Gasteiger partial charge >= 0.3 is 0 Å². The number of hydrogen-bond acceptors (Lipinski definition) is 4.